The highest BCUT2D eigenvalue weighted by Crippen LogP contribution is 2.09. The van der Waals surface area contributed by atoms with Crippen LogP contribution in [-0.2, 0) is 9.53 Å². The van der Waals surface area contributed by atoms with Gasteiger partial charge in [-0.1, -0.05) is 51.9 Å². The van der Waals surface area contributed by atoms with Crippen LogP contribution in [0.5, 0.6) is 0 Å². The van der Waals surface area contributed by atoms with Gasteiger partial charge in [-0.3, -0.25) is 4.79 Å². The molecular formula is C15H30O2. The quantitative estimate of drug-likeness (QED) is 0.471. The molecule has 0 saturated heterocycles. The summed E-state index contributed by atoms with van der Waals surface area (Å²) >= 11 is 0. The first kappa shape index (κ1) is 16.6. The maximum atomic E-state index is 11.4. The summed E-state index contributed by atoms with van der Waals surface area (Å²) in [6.45, 7) is 6.46. The minimum absolute atomic E-state index is 0.164. The summed E-state index contributed by atoms with van der Waals surface area (Å²) < 4.78 is 5.28. The normalized spacial score (nSPS) is 11.1. The predicted molar refractivity (Wildman–Crippen MR) is 73.3 cm³/mol. The van der Waals surface area contributed by atoms with E-state index in [0.717, 1.165) is 6.42 Å². The lowest BCUT2D eigenvalue weighted by Crippen LogP contribution is -2.12. The Kier molecular flexibility index (Phi) is 11.8. The van der Waals surface area contributed by atoms with E-state index in [2.05, 4.69) is 6.92 Å². The molecule has 0 aliphatic rings. The summed E-state index contributed by atoms with van der Waals surface area (Å²) in [5.41, 5.74) is 0. The van der Waals surface area contributed by atoms with Crippen LogP contribution < -0.4 is 0 Å². The van der Waals surface area contributed by atoms with E-state index in [1.165, 1.54) is 44.9 Å². The Hall–Kier alpha value is -0.370. The van der Waals surface area contributed by atoms with Crippen molar-refractivity contribution < 1.29 is 9.53 Å². The highest BCUT2D eigenvalue weighted by Gasteiger charge is 2.03. The SMILES string of the molecule is CCCCCCCCCCC(=O)COC(C)C. The zero-order valence-corrected chi connectivity index (χ0v) is 12.0. The number of hydrogen-bond donors (Lipinski definition) is 0. The molecule has 0 aromatic carbocycles. The van der Waals surface area contributed by atoms with Crippen LogP contribution in [0.1, 0.15) is 78.6 Å². The fraction of sp³-hybridized carbons (Fsp3) is 0.933. The van der Waals surface area contributed by atoms with Gasteiger partial charge in [-0.15, -0.1) is 0 Å². The molecular weight excluding hydrogens is 212 g/mol. The van der Waals surface area contributed by atoms with E-state index in [-0.39, 0.29) is 11.9 Å². The second kappa shape index (κ2) is 12.1. The molecule has 0 rings (SSSR count). The largest absolute Gasteiger partial charge is 0.371 e. The average Bonchev–Trinajstić information content (AvgIpc) is 2.30. The second-order valence-corrected chi connectivity index (χ2v) is 5.12. The molecule has 0 saturated carbocycles. The third-order valence-corrected chi connectivity index (χ3v) is 2.89. The molecule has 2 heteroatoms. The fourth-order valence-electron chi connectivity index (χ4n) is 1.79. The smallest absolute Gasteiger partial charge is 0.158 e. The Morgan fingerprint density at radius 2 is 1.47 bits per heavy atom. The van der Waals surface area contributed by atoms with Crippen molar-refractivity contribution in [3.05, 3.63) is 0 Å². The first-order chi connectivity index (χ1) is 8.16. The third kappa shape index (κ3) is 13.6. The van der Waals surface area contributed by atoms with Crippen molar-refractivity contribution in [3.63, 3.8) is 0 Å². The van der Waals surface area contributed by atoms with E-state index in [1.54, 1.807) is 0 Å². The number of carbonyl (C=O) groups excluding carboxylic acids is 1. The molecule has 0 unspecified atom stereocenters. The Morgan fingerprint density at radius 1 is 0.941 bits per heavy atom. The van der Waals surface area contributed by atoms with E-state index in [4.69, 9.17) is 4.74 Å². The monoisotopic (exact) mass is 242 g/mol. The van der Waals surface area contributed by atoms with Gasteiger partial charge in [-0.05, 0) is 20.3 Å². The van der Waals surface area contributed by atoms with Gasteiger partial charge in [0.05, 0.1) is 6.10 Å². The van der Waals surface area contributed by atoms with Gasteiger partial charge in [0.1, 0.15) is 6.61 Å². The van der Waals surface area contributed by atoms with Gasteiger partial charge in [0.2, 0.25) is 0 Å². The molecule has 0 radical (unpaired) electrons. The molecule has 0 atom stereocenters. The van der Waals surface area contributed by atoms with Crippen molar-refractivity contribution in [1.29, 1.82) is 0 Å². The molecule has 0 spiro atoms. The van der Waals surface area contributed by atoms with Crippen molar-refractivity contribution >= 4 is 5.78 Å². The Morgan fingerprint density at radius 3 is 2.00 bits per heavy atom. The Balaban J connectivity index is 3.14. The fourth-order valence-corrected chi connectivity index (χ4v) is 1.79. The first-order valence-electron chi connectivity index (χ1n) is 7.30. The van der Waals surface area contributed by atoms with Gasteiger partial charge in [0.25, 0.3) is 0 Å². The zero-order valence-electron chi connectivity index (χ0n) is 12.0. The number of ketones is 1. The molecule has 0 aliphatic heterocycles. The van der Waals surface area contributed by atoms with Crippen LogP contribution in [0.25, 0.3) is 0 Å². The van der Waals surface area contributed by atoms with E-state index in [9.17, 15) is 4.79 Å². The minimum Gasteiger partial charge on any atom is -0.371 e. The molecule has 17 heavy (non-hydrogen) atoms. The van der Waals surface area contributed by atoms with Gasteiger partial charge < -0.3 is 4.74 Å². The lowest BCUT2D eigenvalue weighted by Gasteiger charge is -2.06. The molecule has 0 aromatic rings. The van der Waals surface area contributed by atoms with Crippen LogP contribution in [0.4, 0.5) is 0 Å². The third-order valence-electron chi connectivity index (χ3n) is 2.89. The summed E-state index contributed by atoms with van der Waals surface area (Å²) in [6, 6.07) is 0. The first-order valence-corrected chi connectivity index (χ1v) is 7.30. The van der Waals surface area contributed by atoms with E-state index in [1.807, 2.05) is 13.8 Å². The van der Waals surface area contributed by atoms with Crippen molar-refractivity contribution in [3.8, 4) is 0 Å². The summed E-state index contributed by atoms with van der Waals surface area (Å²) in [6.07, 6.45) is 11.1. The highest BCUT2D eigenvalue weighted by molar-refractivity contribution is 5.79. The lowest BCUT2D eigenvalue weighted by atomic mass is 10.1. The van der Waals surface area contributed by atoms with E-state index < -0.39 is 0 Å². The van der Waals surface area contributed by atoms with Crippen molar-refractivity contribution in [2.24, 2.45) is 0 Å². The van der Waals surface area contributed by atoms with Gasteiger partial charge in [0, 0.05) is 6.42 Å². The molecule has 0 aliphatic carbocycles. The highest BCUT2D eigenvalue weighted by atomic mass is 16.5. The van der Waals surface area contributed by atoms with Gasteiger partial charge >= 0.3 is 0 Å². The van der Waals surface area contributed by atoms with Crippen LogP contribution in [0.3, 0.4) is 0 Å². The summed E-state index contributed by atoms with van der Waals surface area (Å²) in [4.78, 5) is 11.4. The van der Waals surface area contributed by atoms with E-state index >= 15 is 0 Å². The van der Waals surface area contributed by atoms with Gasteiger partial charge in [-0.2, -0.15) is 0 Å². The standard InChI is InChI=1S/C15H30O2/c1-4-5-6-7-8-9-10-11-12-15(16)13-17-14(2)3/h14H,4-13H2,1-3H3. The molecule has 0 fully saturated rings. The van der Waals surface area contributed by atoms with Crippen LogP contribution in [-0.4, -0.2) is 18.5 Å². The number of hydrogen-bond acceptors (Lipinski definition) is 2. The van der Waals surface area contributed by atoms with Crippen molar-refractivity contribution in [1.82, 2.24) is 0 Å². The Labute approximate surface area is 107 Å². The van der Waals surface area contributed by atoms with Crippen LogP contribution in [0.2, 0.25) is 0 Å². The molecule has 0 N–H and O–H groups in total. The molecule has 0 amide bonds. The molecule has 0 bridgehead atoms. The summed E-state index contributed by atoms with van der Waals surface area (Å²) in [7, 11) is 0. The molecule has 102 valence electrons. The topological polar surface area (TPSA) is 26.3 Å². The van der Waals surface area contributed by atoms with Crippen LogP contribution in [0.15, 0.2) is 0 Å². The minimum atomic E-state index is 0.164. The van der Waals surface area contributed by atoms with Crippen LogP contribution in [0, 0.1) is 0 Å². The lowest BCUT2D eigenvalue weighted by molar-refractivity contribution is -0.125. The van der Waals surface area contributed by atoms with Gasteiger partial charge in [0.15, 0.2) is 5.78 Å². The van der Waals surface area contributed by atoms with E-state index in [0.29, 0.717) is 13.0 Å². The molecule has 0 heterocycles. The zero-order chi connectivity index (χ0) is 12.9. The number of ether oxygens (including phenoxy) is 1. The van der Waals surface area contributed by atoms with Crippen molar-refractivity contribution in [2.45, 2.75) is 84.7 Å². The number of unbranched alkanes of at least 4 members (excludes halogenated alkanes) is 7. The number of rotatable bonds is 12. The number of Topliss-reactive ketones (excluding diaryl/α,β-unsaturated/α-hetero) is 1. The number of carbonyl (C=O) groups is 1. The second-order valence-electron chi connectivity index (χ2n) is 5.12. The average molecular weight is 242 g/mol. The predicted octanol–water partition coefficient (Wildman–Crippen LogP) is 4.51. The van der Waals surface area contributed by atoms with Crippen molar-refractivity contribution in [2.75, 3.05) is 6.61 Å². The maximum Gasteiger partial charge on any atom is 0.158 e. The van der Waals surface area contributed by atoms with Gasteiger partial charge in [-0.25, -0.2) is 0 Å². The maximum absolute atomic E-state index is 11.4. The Bertz CT molecular complexity index is 176. The molecule has 2 nitrogen and oxygen atoms in total. The summed E-state index contributed by atoms with van der Waals surface area (Å²) in [5.74, 6) is 0.254. The molecule has 0 aromatic heterocycles. The summed E-state index contributed by atoms with van der Waals surface area (Å²) in [5, 5.41) is 0. The van der Waals surface area contributed by atoms with Crippen LogP contribution >= 0.6 is 0 Å².